The molecule has 1 aromatic rings. The van der Waals surface area contributed by atoms with Gasteiger partial charge in [-0.2, -0.15) is 0 Å². The number of hydrogen-bond donors (Lipinski definition) is 2. The maximum Gasteiger partial charge on any atom is 0.309 e. The number of ketones is 1. The number of nitrogens with zero attached hydrogens (tertiary/aromatic N) is 1. The summed E-state index contributed by atoms with van der Waals surface area (Å²) in [6, 6.07) is 10.0. The molecule has 0 aromatic heterocycles. The lowest BCUT2D eigenvalue weighted by Crippen LogP contribution is -2.66. The molecule has 9 atom stereocenters. The van der Waals surface area contributed by atoms with Gasteiger partial charge in [-0.1, -0.05) is 98.2 Å². The number of carboxylic acids is 1. The molecule has 0 saturated heterocycles. The Morgan fingerprint density at radius 2 is 1.54 bits per heavy atom. The lowest BCUT2D eigenvalue weighted by Gasteiger charge is -2.72. The van der Waals surface area contributed by atoms with Crippen LogP contribution in [-0.2, 0) is 30.5 Å². The number of allylic oxidation sites excluding steroid dienone is 1. The molecular weight excluding hydrogens is 715 g/mol. The van der Waals surface area contributed by atoms with Crippen molar-refractivity contribution in [3.8, 4) is 0 Å². The highest BCUT2D eigenvalue weighted by molar-refractivity contribution is 6.00. The molecule has 0 unspecified atom stereocenters. The highest BCUT2D eigenvalue weighted by Gasteiger charge is 2.71. The summed E-state index contributed by atoms with van der Waals surface area (Å²) in [5, 5.41) is 22.3. The summed E-state index contributed by atoms with van der Waals surface area (Å²) < 4.78 is 6.18. The first-order chi connectivity index (χ1) is 26.4. The third kappa shape index (κ3) is 7.24. The summed E-state index contributed by atoms with van der Waals surface area (Å²) in [6.07, 6.45) is 6.89. The third-order valence-corrected chi connectivity index (χ3v) is 17.0. The van der Waals surface area contributed by atoms with E-state index in [1.54, 1.807) is 13.8 Å². The number of aliphatic hydroxyl groups excluding tert-OH is 1. The van der Waals surface area contributed by atoms with Gasteiger partial charge in [0.05, 0.1) is 17.9 Å². The van der Waals surface area contributed by atoms with Gasteiger partial charge in [0.25, 0.3) is 0 Å². The van der Waals surface area contributed by atoms with E-state index in [9.17, 15) is 29.4 Å². The number of aliphatic carboxylic acids is 1. The van der Waals surface area contributed by atoms with Crippen molar-refractivity contribution in [1.29, 1.82) is 0 Å². The lowest BCUT2D eigenvalue weighted by molar-refractivity contribution is -0.235. The predicted octanol–water partition coefficient (Wildman–Crippen LogP) is 9.82. The van der Waals surface area contributed by atoms with Gasteiger partial charge in [-0.15, -0.1) is 0 Å². The van der Waals surface area contributed by atoms with Crippen LogP contribution in [0.1, 0.15) is 152 Å². The summed E-state index contributed by atoms with van der Waals surface area (Å²) in [6.45, 7) is 24.2. The van der Waals surface area contributed by atoms with Crippen LogP contribution >= 0.6 is 0 Å². The van der Waals surface area contributed by atoms with E-state index in [0.717, 1.165) is 62.5 Å². The number of Topliss-reactive ketones (excluding diaryl/α,β-unsaturated/α-hetero) is 1. The number of carbonyl (C=O) groups excluding carboxylic acids is 3. The Morgan fingerprint density at radius 3 is 2.16 bits per heavy atom. The second-order valence-electron chi connectivity index (χ2n) is 21.9. The molecule has 2 N–H and O–H groups in total. The number of carboxylic acid groups (broad SMARTS) is 1. The van der Waals surface area contributed by atoms with Crippen LogP contribution in [0.4, 0.5) is 0 Å². The molecule has 5 aliphatic rings. The van der Waals surface area contributed by atoms with Crippen molar-refractivity contribution >= 4 is 23.6 Å². The molecule has 1 amide bonds. The van der Waals surface area contributed by atoms with Gasteiger partial charge in [0, 0.05) is 36.8 Å². The molecule has 4 saturated carbocycles. The molecule has 5 aliphatic carbocycles. The fourth-order valence-electron chi connectivity index (χ4n) is 13.8. The van der Waals surface area contributed by atoms with E-state index in [0.29, 0.717) is 31.2 Å². The van der Waals surface area contributed by atoms with E-state index in [1.165, 1.54) is 5.57 Å². The van der Waals surface area contributed by atoms with Crippen molar-refractivity contribution in [1.82, 2.24) is 4.90 Å². The molecular formula is C49H73NO7. The zero-order valence-corrected chi connectivity index (χ0v) is 37.0. The monoisotopic (exact) mass is 788 g/mol. The second kappa shape index (κ2) is 15.2. The molecule has 8 heteroatoms. The fraction of sp³-hybridized carbons (Fsp3) is 0.755. The highest BCUT2D eigenvalue weighted by Crippen LogP contribution is 2.77. The van der Waals surface area contributed by atoms with Crippen molar-refractivity contribution in [2.45, 2.75) is 166 Å². The minimum atomic E-state index is -1.18. The van der Waals surface area contributed by atoms with Gasteiger partial charge < -0.3 is 19.8 Å². The molecule has 0 bridgehead atoms. The lowest BCUT2D eigenvalue weighted by atomic mass is 9.33. The highest BCUT2D eigenvalue weighted by atomic mass is 16.5. The number of benzene rings is 1. The first-order valence-electron chi connectivity index (χ1n) is 22.1. The molecule has 1 aromatic carbocycles. The van der Waals surface area contributed by atoms with E-state index >= 15 is 0 Å². The van der Waals surface area contributed by atoms with Gasteiger partial charge >= 0.3 is 11.9 Å². The van der Waals surface area contributed by atoms with Crippen LogP contribution in [0.2, 0.25) is 0 Å². The number of rotatable bonds is 12. The van der Waals surface area contributed by atoms with Crippen LogP contribution in [0.3, 0.4) is 0 Å². The van der Waals surface area contributed by atoms with Crippen LogP contribution in [0.5, 0.6) is 0 Å². The van der Waals surface area contributed by atoms with Crippen LogP contribution in [0, 0.1) is 62.1 Å². The first-order valence-corrected chi connectivity index (χ1v) is 22.1. The third-order valence-electron chi connectivity index (χ3n) is 17.0. The van der Waals surface area contributed by atoms with Gasteiger partial charge in [-0.25, -0.2) is 0 Å². The van der Waals surface area contributed by atoms with E-state index in [-0.39, 0.29) is 70.2 Å². The number of amides is 1. The number of esters is 1. The van der Waals surface area contributed by atoms with Crippen LogP contribution in [-0.4, -0.2) is 57.5 Å². The van der Waals surface area contributed by atoms with E-state index < -0.39 is 28.9 Å². The largest absolute Gasteiger partial charge is 0.481 e. The number of carbonyl (C=O) groups is 4. The van der Waals surface area contributed by atoms with E-state index in [1.807, 2.05) is 35.2 Å². The molecule has 0 heterocycles. The number of ether oxygens (including phenoxy) is 1. The Bertz CT molecular complexity index is 1760. The molecule has 316 valence electrons. The average Bonchev–Trinajstić information content (AvgIpc) is 3.42. The number of fused-ring (bicyclic) bond motifs is 7. The standard InChI is InChI=1S/C49H73NO7/c1-30(2)25-39(53)50(28-32-15-13-12-14-16-32)29-37(52)49-24-23-47(10)33(42(49)41(31(3)4)34(51)26-49)17-18-36-46(9)21-20-38(57-40(54)27-44(5,6)43(55)56)45(7,8)35(46)19-22-48(36,47)11/h12-16,30-31,33,35-38,52H,17-29H2,1-11H3,(H,55,56)/t33-,35-,36-,37+,38+,46+,47-,48-,49+/m1/s1. The minimum absolute atomic E-state index is 0.00329. The van der Waals surface area contributed by atoms with Gasteiger partial charge in [-0.05, 0) is 122 Å². The summed E-state index contributed by atoms with van der Waals surface area (Å²) in [4.78, 5) is 54.9. The van der Waals surface area contributed by atoms with Crippen molar-refractivity contribution in [3.05, 3.63) is 47.0 Å². The number of hydrogen-bond acceptors (Lipinski definition) is 6. The van der Waals surface area contributed by atoms with Crippen molar-refractivity contribution in [2.24, 2.45) is 62.1 Å². The zero-order chi connectivity index (χ0) is 42.1. The van der Waals surface area contributed by atoms with Crippen molar-refractivity contribution in [2.75, 3.05) is 6.54 Å². The second-order valence-corrected chi connectivity index (χ2v) is 21.9. The Hall–Kier alpha value is -3.00. The van der Waals surface area contributed by atoms with Crippen molar-refractivity contribution < 1.29 is 34.1 Å². The van der Waals surface area contributed by atoms with E-state index in [2.05, 4.69) is 62.3 Å². The Labute approximate surface area is 343 Å². The molecule has 0 aliphatic heterocycles. The SMILES string of the molecule is CC(C)CC(=O)N(Cc1ccccc1)C[C@H](O)[C@@]12CC[C@]3(C)[C@H](CC[C@@H]4[C@@]5(C)CC[C@H](OC(=O)CC(C)(C)C(=O)O)C(C)(C)[C@H]5CC[C@]43C)C1=C(C(C)C)C(=O)C2. The Morgan fingerprint density at radius 1 is 0.877 bits per heavy atom. The summed E-state index contributed by atoms with van der Waals surface area (Å²) in [5.74, 6) is -0.0257. The average molecular weight is 788 g/mol. The molecule has 0 radical (unpaired) electrons. The number of aliphatic hydroxyl groups is 1. The summed E-state index contributed by atoms with van der Waals surface area (Å²) >= 11 is 0. The normalized spacial score (nSPS) is 35.2. The molecule has 6 rings (SSSR count). The van der Waals surface area contributed by atoms with Crippen molar-refractivity contribution in [3.63, 3.8) is 0 Å². The van der Waals surface area contributed by atoms with Gasteiger partial charge in [0.1, 0.15) is 6.10 Å². The maximum absolute atomic E-state index is 14.3. The van der Waals surface area contributed by atoms with Gasteiger partial charge in [0.15, 0.2) is 5.78 Å². The smallest absolute Gasteiger partial charge is 0.309 e. The summed E-state index contributed by atoms with van der Waals surface area (Å²) in [5.41, 5.74) is 0.984. The van der Waals surface area contributed by atoms with E-state index in [4.69, 9.17) is 4.74 Å². The van der Waals surface area contributed by atoms with Crippen LogP contribution in [0.25, 0.3) is 0 Å². The van der Waals surface area contributed by atoms with Gasteiger partial charge in [0.2, 0.25) is 5.91 Å². The quantitative estimate of drug-likeness (QED) is 0.202. The Kier molecular flexibility index (Phi) is 11.6. The topological polar surface area (TPSA) is 121 Å². The maximum atomic E-state index is 14.3. The zero-order valence-electron chi connectivity index (χ0n) is 37.0. The predicted molar refractivity (Wildman–Crippen MR) is 223 cm³/mol. The Balaban J connectivity index is 1.30. The molecule has 8 nitrogen and oxygen atoms in total. The first kappa shape index (κ1) is 43.6. The summed E-state index contributed by atoms with van der Waals surface area (Å²) in [7, 11) is 0. The minimum Gasteiger partial charge on any atom is -0.481 e. The van der Waals surface area contributed by atoms with Crippen LogP contribution < -0.4 is 0 Å². The van der Waals surface area contributed by atoms with Gasteiger partial charge in [-0.3, -0.25) is 19.2 Å². The van der Waals surface area contributed by atoms with Crippen LogP contribution in [0.15, 0.2) is 41.5 Å². The molecule has 0 spiro atoms. The molecule has 4 fully saturated rings. The fourth-order valence-corrected chi connectivity index (χ4v) is 13.8. The molecule has 57 heavy (non-hydrogen) atoms.